The minimum absolute atomic E-state index is 0.153. The first-order valence-corrected chi connectivity index (χ1v) is 6.51. The Labute approximate surface area is 112 Å². The summed E-state index contributed by atoms with van der Waals surface area (Å²) in [6.45, 7) is 8.02. The largest absolute Gasteiger partial charge is 0.496 e. The van der Waals surface area contributed by atoms with Crippen LogP contribution in [0.25, 0.3) is 0 Å². The SMILES string of the molecule is COc1ccc(CC(C)(O)C(C)(C)C)cc1Br. The maximum absolute atomic E-state index is 10.5. The fourth-order valence-corrected chi connectivity index (χ4v) is 2.07. The quantitative estimate of drug-likeness (QED) is 0.920. The van der Waals surface area contributed by atoms with Crippen molar-refractivity contribution in [3.63, 3.8) is 0 Å². The van der Waals surface area contributed by atoms with E-state index in [2.05, 4.69) is 15.9 Å². The fourth-order valence-electron chi connectivity index (χ4n) is 1.48. The van der Waals surface area contributed by atoms with E-state index in [1.54, 1.807) is 7.11 Å². The van der Waals surface area contributed by atoms with Crippen LogP contribution in [0.2, 0.25) is 0 Å². The number of ether oxygens (including phenoxy) is 1. The van der Waals surface area contributed by atoms with Crippen LogP contribution < -0.4 is 4.74 Å². The number of hydrogen-bond donors (Lipinski definition) is 1. The Hall–Kier alpha value is -0.540. The summed E-state index contributed by atoms with van der Waals surface area (Å²) in [6.07, 6.45) is 0.624. The molecular formula is C14H21BrO2. The normalized spacial score (nSPS) is 15.5. The number of aliphatic hydroxyl groups is 1. The van der Waals surface area contributed by atoms with Crippen LogP contribution >= 0.6 is 15.9 Å². The predicted octanol–water partition coefficient (Wildman–Crippen LogP) is 3.80. The smallest absolute Gasteiger partial charge is 0.133 e. The highest BCUT2D eigenvalue weighted by atomic mass is 79.9. The van der Waals surface area contributed by atoms with Crippen molar-refractivity contribution in [1.82, 2.24) is 0 Å². The Kier molecular flexibility index (Phi) is 4.26. The van der Waals surface area contributed by atoms with E-state index in [1.165, 1.54) is 0 Å². The Balaban J connectivity index is 2.93. The molecule has 0 amide bonds. The molecule has 0 fully saturated rings. The number of benzene rings is 1. The summed E-state index contributed by atoms with van der Waals surface area (Å²) in [5.41, 5.74) is 0.207. The van der Waals surface area contributed by atoms with Crippen molar-refractivity contribution in [3.05, 3.63) is 28.2 Å². The number of rotatable bonds is 3. The van der Waals surface area contributed by atoms with Crippen LogP contribution in [0.4, 0.5) is 0 Å². The van der Waals surface area contributed by atoms with Crippen molar-refractivity contribution in [3.8, 4) is 5.75 Å². The van der Waals surface area contributed by atoms with E-state index in [4.69, 9.17) is 4.74 Å². The highest BCUT2D eigenvalue weighted by molar-refractivity contribution is 9.10. The molecule has 0 aliphatic heterocycles. The van der Waals surface area contributed by atoms with E-state index in [1.807, 2.05) is 45.9 Å². The van der Waals surface area contributed by atoms with Gasteiger partial charge < -0.3 is 9.84 Å². The second-order valence-electron chi connectivity index (χ2n) is 5.67. The van der Waals surface area contributed by atoms with E-state index in [-0.39, 0.29) is 5.41 Å². The lowest BCUT2D eigenvalue weighted by Crippen LogP contribution is -2.41. The average molecular weight is 301 g/mol. The summed E-state index contributed by atoms with van der Waals surface area (Å²) in [5, 5.41) is 10.5. The predicted molar refractivity (Wildman–Crippen MR) is 74.5 cm³/mol. The van der Waals surface area contributed by atoms with E-state index < -0.39 is 5.60 Å². The molecule has 1 aromatic carbocycles. The lowest BCUT2D eigenvalue weighted by molar-refractivity contribution is -0.0405. The molecule has 0 aliphatic rings. The minimum atomic E-state index is -0.735. The minimum Gasteiger partial charge on any atom is -0.496 e. The first-order valence-electron chi connectivity index (χ1n) is 5.72. The zero-order valence-electron chi connectivity index (χ0n) is 11.2. The van der Waals surface area contributed by atoms with Gasteiger partial charge in [0, 0.05) is 6.42 Å². The Morgan fingerprint density at radius 1 is 1.24 bits per heavy atom. The van der Waals surface area contributed by atoms with E-state index in [0.717, 1.165) is 15.8 Å². The van der Waals surface area contributed by atoms with Gasteiger partial charge in [-0.05, 0) is 46.0 Å². The summed E-state index contributed by atoms with van der Waals surface area (Å²) in [4.78, 5) is 0. The summed E-state index contributed by atoms with van der Waals surface area (Å²) in [7, 11) is 1.64. The fraction of sp³-hybridized carbons (Fsp3) is 0.571. The lowest BCUT2D eigenvalue weighted by Gasteiger charge is -2.37. The monoisotopic (exact) mass is 300 g/mol. The molecule has 0 aliphatic carbocycles. The molecule has 0 saturated carbocycles. The number of hydrogen-bond acceptors (Lipinski definition) is 2. The molecule has 1 unspecified atom stereocenters. The van der Waals surface area contributed by atoms with Gasteiger partial charge in [0.15, 0.2) is 0 Å². The Morgan fingerprint density at radius 2 is 1.82 bits per heavy atom. The van der Waals surface area contributed by atoms with Gasteiger partial charge in [-0.1, -0.05) is 26.8 Å². The molecule has 0 spiro atoms. The third-order valence-corrected chi connectivity index (χ3v) is 4.00. The van der Waals surface area contributed by atoms with Crippen molar-refractivity contribution in [2.24, 2.45) is 5.41 Å². The summed E-state index contributed by atoms with van der Waals surface area (Å²) < 4.78 is 6.11. The molecular weight excluding hydrogens is 280 g/mol. The molecule has 1 rings (SSSR count). The molecule has 0 radical (unpaired) electrons. The van der Waals surface area contributed by atoms with Crippen LogP contribution in [0, 0.1) is 5.41 Å². The van der Waals surface area contributed by atoms with Crippen molar-refractivity contribution < 1.29 is 9.84 Å². The van der Waals surface area contributed by atoms with Crippen LogP contribution in [0.1, 0.15) is 33.3 Å². The van der Waals surface area contributed by atoms with Crippen LogP contribution in [-0.2, 0) is 6.42 Å². The highest BCUT2D eigenvalue weighted by Crippen LogP contribution is 2.34. The van der Waals surface area contributed by atoms with Gasteiger partial charge in [-0.15, -0.1) is 0 Å². The second-order valence-corrected chi connectivity index (χ2v) is 6.52. The Bertz CT molecular complexity index is 392. The first kappa shape index (κ1) is 14.5. The average Bonchev–Trinajstić information content (AvgIpc) is 2.15. The molecule has 1 N–H and O–H groups in total. The zero-order chi connectivity index (χ0) is 13.3. The first-order chi connectivity index (χ1) is 7.67. The van der Waals surface area contributed by atoms with Crippen molar-refractivity contribution in [2.45, 2.75) is 39.7 Å². The molecule has 0 bridgehead atoms. The molecule has 3 heteroatoms. The molecule has 96 valence electrons. The van der Waals surface area contributed by atoms with Gasteiger partial charge in [-0.25, -0.2) is 0 Å². The third-order valence-electron chi connectivity index (χ3n) is 3.38. The van der Waals surface area contributed by atoms with Crippen molar-refractivity contribution >= 4 is 15.9 Å². The lowest BCUT2D eigenvalue weighted by atomic mass is 9.74. The van der Waals surface area contributed by atoms with Gasteiger partial charge in [0.2, 0.25) is 0 Å². The van der Waals surface area contributed by atoms with Crippen molar-refractivity contribution in [1.29, 1.82) is 0 Å². The van der Waals surface area contributed by atoms with Crippen LogP contribution in [0.5, 0.6) is 5.75 Å². The Morgan fingerprint density at radius 3 is 2.24 bits per heavy atom. The van der Waals surface area contributed by atoms with Crippen LogP contribution in [-0.4, -0.2) is 17.8 Å². The zero-order valence-corrected chi connectivity index (χ0v) is 12.8. The maximum atomic E-state index is 10.5. The number of halogens is 1. The second kappa shape index (κ2) is 4.99. The molecule has 2 nitrogen and oxygen atoms in total. The molecule has 1 aromatic rings. The topological polar surface area (TPSA) is 29.5 Å². The molecule has 0 aromatic heterocycles. The van der Waals surface area contributed by atoms with Gasteiger partial charge in [-0.2, -0.15) is 0 Å². The summed E-state index contributed by atoms with van der Waals surface area (Å²) in [6, 6.07) is 5.90. The summed E-state index contributed by atoms with van der Waals surface area (Å²) >= 11 is 3.46. The molecule has 17 heavy (non-hydrogen) atoms. The standard InChI is InChI=1S/C14H21BrO2/c1-13(2,3)14(4,16)9-10-6-7-12(17-5)11(15)8-10/h6-8,16H,9H2,1-5H3. The van der Waals surface area contributed by atoms with Gasteiger partial charge in [0.25, 0.3) is 0 Å². The van der Waals surface area contributed by atoms with E-state index in [9.17, 15) is 5.11 Å². The van der Waals surface area contributed by atoms with Gasteiger partial charge in [-0.3, -0.25) is 0 Å². The van der Waals surface area contributed by atoms with Gasteiger partial charge in [0.05, 0.1) is 17.2 Å². The number of methoxy groups -OCH3 is 1. The van der Waals surface area contributed by atoms with Gasteiger partial charge in [0.1, 0.15) is 5.75 Å². The highest BCUT2D eigenvalue weighted by Gasteiger charge is 2.35. The molecule has 1 atom stereocenters. The van der Waals surface area contributed by atoms with Crippen molar-refractivity contribution in [2.75, 3.05) is 7.11 Å². The summed E-state index contributed by atoms with van der Waals surface area (Å²) in [5.74, 6) is 0.809. The van der Waals surface area contributed by atoms with Crippen LogP contribution in [0.3, 0.4) is 0 Å². The van der Waals surface area contributed by atoms with E-state index in [0.29, 0.717) is 6.42 Å². The van der Waals surface area contributed by atoms with Crippen LogP contribution in [0.15, 0.2) is 22.7 Å². The maximum Gasteiger partial charge on any atom is 0.133 e. The third kappa shape index (κ3) is 3.46. The molecule has 0 saturated heterocycles. The van der Waals surface area contributed by atoms with E-state index >= 15 is 0 Å². The van der Waals surface area contributed by atoms with Gasteiger partial charge >= 0.3 is 0 Å². The molecule has 0 heterocycles.